The van der Waals surface area contributed by atoms with Gasteiger partial charge in [-0.1, -0.05) is 83.1 Å². The van der Waals surface area contributed by atoms with Crippen molar-refractivity contribution in [3.63, 3.8) is 0 Å². The largest absolute Gasteiger partial charge is 0.236 e. The van der Waals surface area contributed by atoms with Crippen LogP contribution in [-0.2, 0) is 12.8 Å². The lowest BCUT2D eigenvalue weighted by atomic mass is 9.78. The molecule has 146 valence electrons. The summed E-state index contributed by atoms with van der Waals surface area (Å²) in [7, 11) is 0. The van der Waals surface area contributed by atoms with Crippen LogP contribution in [0.1, 0.15) is 82.8 Å². The minimum Gasteiger partial charge on any atom is -0.236 e. The Bertz CT molecular complexity index is 652. The Kier molecular flexibility index (Phi) is 7.86. The Hall–Kier alpha value is -1.70. The zero-order chi connectivity index (χ0) is 18.9. The van der Waals surface area contributed by atoms with Crippen LogP contribution in [0.5, 0.6) is 0 Å². The SMILES string of the molecule is CCCCc1ccc(-c2ncc(CC[C@H]3CC[C@H](CCC)CC3)cn2)cc1. The van der Waals surface area contributed by atoms with Crippen molar-refractivity contribution in [1.29, 1.82) is 0 Å². The highest BCUT2D eigenvalue weighted by atomic mass is 14.9. The number of aromatic nitrogens is 2. The molecule has 0 aliphatic heterocycles. The zero-order valence-corrected chi connectivity index (χ0v) is 17.3. The predicted molar refractivity (Wildman–Crippen MR) is 115 cm³/mol. The summed E-state index contributed by atoms with van der Waals surface area (Å²) in [5, 5.41) is 0. The molecule has 0 bridgehead atoms. The van der Waals surface area contributed by atoms with E-state index in [-0.39, 0.29) is 0 Å². The second-order valence-corrected chi connectivity index (χ2v) is 8.43. The van der Waals surface area contributed by atoms with Crippen LogP contribution in [-0.4, -0.2) is 9.97 Å². The van der Waals surface area contributed by atoms with Crippen molar-refractivity contribution in [1.82, 2.24) is 9.97 Å². The summed E-state index contributed by atoms with van der Waals surface area (Å²) in [4.78, 5) is 9.26. The topological polar surface area (TPSA) is 25.8 Å². The van der Waals surface area contributed by atoms with Crippen LogP contribution < -0.4 is 0 Å². The van der Waals surface area contributed by atoms with E-state index in [0.29, 0.717) is 0 Å². The summed E-state index contributed by atoms with van der Waals surface area (Å²) >= 11 is 0. The van der Waals surface area contributed by atoms with Crippen molar-refractivity contribution in [2.75, 3.05) is 0 Å². The maximum Gasteiger partial charge on any atom is 0.159 e. The van der Waals surface area contributed by atoms with Crippen LogP contribution in [0.25, 0.3) is 11.4 Å². The van der Waals surface area contributed by atoms with Crippen LogP contribution in [0.4, 0.5) is 0 Å². The normalized spacial score (nSPS) is 19.9. The van der Waals surface area contributed by atoms with Crippen molar-refractivity contribution in [3.8, 4) is 11.4 Å². The highest BCUT2D eigenvalue weighted by Gasteiger charge is 2.20. The molecule has 0 N–H and O–H groups in total. The molecule has 2 heteroatoms. The van der Waals surface area contributed by atoms with Gasteiger partial charge in [-0.25, -0.2) is 9.97 Å². The minimum atomic E-state index is 0.848. The van der Waals surface area contributed by atoms with Crippen molar-refractivity contribution >= 4 is 0 Å². The first-order valence-electron chi connectivity index (χ1n) is 11.2. The summed E-state index contributed by atoms with van der Waals surface area (Å²) in [6, 6.07) is 8.76. The first kappa shape index (κ1) is 20.0. The minimum absolute atomic E-state index is 0.848. The van der Waals surface area contributed by atoms with E-state index in [1.54, 1.807) is 0 Å². The molecular formula is C25H36N2. The van der Waals surface area contributed by atoms with E-state index in [1.807, 2.05) is 12.4 Å². The van der Waals surface area contributed by atoms with Crippen LogP contribution in [0.15, 0.2) is 36.7 Å². The molecule has 0 amide bonds. The molecule has 2 aromatic rings. The quantitative estimate of drug-likeness (QED) is 0.477. The van der Waals surface area contributed by atoms with Gasteiger partial charge in [0.15, 0.2) is 5.82 Å². The van der Waals surface area contributed by atoms with E-state index in [4.69, 9.17) is 0 Å². The van der Waals surface area contributed by atoms with E-state index in [2.05, 4.69) is 48.1 Å². The Morgan fingerprint density at radius 1 is 0.741 bits per heavy atom. The lowest BCUT2D eigenvalue weighted by molar-refractivity contribution is 0.252. The number of nitrogens with zero attached hydrogens (tertiary/aromatic N) is 2. The van der Waals surface area contributed by atoms with Gasteiger partial charge >= 0.3 is 0 Å². The number of benzene rings is 1. The number of hydrogen-bond donors (Lipinski definition) is 0. The molecule has 1 aromatic heterocycles. The number of rotatable bonds is 9. The van der Waals surface area contributed by atoms with Gasteiger partial charge < -0.3 is 0 Å². The molecule has 0 spiro atoms. The molecule has 0 saturated heterocycles. The molecule has 27 heavy (non-hydrogen) atoms. The van der Waals surface area contributed by atoms with Gasteiger partial charge in [0.05, 0.1) is 0 Å². The van der Waals surface area contributed by atoms with Crippen LogP contribution >= 0.6 is 0 Å². The van der Waals surface area contributed by atoms with Gasteiger partial charge in [0.25, 0.3) is 0 Å². The van der Waals surface area contributed by atoms with Crippen molar-refractivity contribution < 1.29 is 0 Å². The number of unbranched alkanes of at least 4 members (excludes halogenated alkanes) is 1. The Labute approximate surface area is 165 Å². The molecule has 1 aromatic carbocycles. The van der Waals surface area contributed by atoms with Crippen molar-refractivity contribution in [3.05, 3.63) is 47.8 Å². The van der Waals surface area contributed by atoms with E-state index < -0.39 is 0 Å². The average molecular weight is 365 g/mol. The van der Waals surface area contributed by atoms with Gasteiger partial charge in [-0.3, -0.25) is 0 Å². The highest BCUT2D eigenvalue weighted by Crippen LogP contribution is 2.33. The zero-order valence-electron chi connectivity index (χ0n) is 17.3. The van der Waals surface area contributed by atoms with Gasteiger partial charge in [0, 0.05) is 18.0 Å². The second-order valence-electron chi connectivity index (χ2n) is 8.43. The first-order valence-corrected chi connectivity index (χ1v) is 11.2. The van der Waals surface area contributed by atoms with Gasteiger partial charge in [0.1, 0.15) is 0 Å². The van der Waals surface area contributed by atoms with Crippen LogP contribution in [0.2, 0.25) is 0 Å². The monoisotopic (exact) mass is 364 g/mol. The third kappa shape index (κ3) is 6.16. The second kappa shape index (κ2) is 10.6. The molecular weight excluding hydrogens is 328 g/mol. The van der Waals surface area contributed by atoms with Gasteiger partial charge in [0.2, 0.25) is 0 Å². The first-order chi connectivity index (χ1) is 13.3. The molecule has 1 saturated carbocycles. The fraction of sp³-hybridized carbons (Fsp3) is 0.600. The molecule has 1 fully saturated rings. The fourth-order valence-electron chi connectivity index (χ4n) is 4.42. The summed E-state index contributed by atoms with van der Waals surface area (Å²) in [6.45, 7) is 4.55. The molecule has 1 heterocycles. The van der Waals surface area contributed by atoms with Crippen LogP contribution in [0.3, 0.4) is 0 Å². The molecule has 2 nitrogen and oxygen atoms in total. The average Bonchev–Trinajstić information content (AvgIpc) is 2.73. The summed E-state index contributed by atoms with van der Waals surface area (Å²) < 4.78 is 0. The molecule has 1 aliphatic rings. The van der Waals surface area contributed by atoms with Gasteiger partial charge in [-0.15, -0.1) is 0 Å². The molecule has 0 radical (unpaired) electrons. The summed E-state index contributed by atoms with van der Waals surface area (Å²) in [5.74, 6) is 2.76. The van der Waals surface area contributed by atoms with E-state index in [0.717, 1.165) is 36.1 Å². The highest BCUT2D eigenvalue weighted by molar-refractivity contribution is 5.55. The van der Waals surface area contributed by atoms with E-state index in [9.17, 15) is 0 Å². The standard InChI is InChI=1S/C25H36N2/c1-3-5-7-21-14-16-24(17-15-21)25-26-18-23(19-27-25)13-12-22-10-8-20(6-4-2)9-11-22/h14-20,22H,3-13H2,1-2H3/t20-,22-. The molecule has 3 rings (SSSR count). The third-order valence-corrected chi connectivity index (χ3v) is 6.24. The maximum atomic E-state index is 4.63. The third-order valence-electron chi connectivity index (χ3n) is 6.24. The molecule has 0 atom stereocenters. The van der Waals surface area contributed by atoms with E-state index >= 15 is 0 Å². The van der Waals surface area contributed by atoms with Gasteiger partial charge in [-0.05, 0) is 48.6 Å². The number of aryl methyl sites for hydroxylation is 2. The predicted octanol–water partition coefficient (Wildman–Crippen LogP) is 7.03. The Morgan fingerprint density at radius 2 is 1.37 bits per heavy atom. The smallest absolute Gasteiger partial charge is 0.159 e. The van der Waals surface area contributed by atoms with E-state index in [1.165, 1.54) is 68.9 Å². The lowest BCUT2D eigenvalue weighted by Crippen LogP contribution is -2.15. The van der Waals surface area contributed by atoms with Crippen LogP contribution in [0, 0.1) is 11.8 Å². The summed E-state index contributed by atoms with van der Waals surface area (Å²) in [5.41, 5.74) is 3.82. The van der Waals surface area contributed by atoms with Gasteiger partial charge in [-0.2, -0.15) is 0 Å². The Morgan fingerprint density at radius 3 is 1.96 bits per heavy atom. The fourth-order valence-corrected chi connectivity index (χ4v) is 4.42. The summed E-state index contributed by atoms with van der Waals surface area (Å²) in [6.07, 6.45) is 18.7. The lowest BCUT2D eigenvalue weighted by Gasteiger charge is -2.28. The Balaban J connectivity index is 1.47. The van der Waals surface area contributed by atoms with Crippen molar-refractivity contribution in [2.24, 2.45) is 11.8 Å². The van der Waals surface area contributed by atoms with Crippen molar-refractivity contribution in [2.45, 2.75) is 84.5 Å². The molecule has 0 unspecified atom stereocenters. The number of hydrogen-bond acceptors (Lipinski definition) is 2. The molecule has 1 aliphatic carbocycles. The maximum absolute atomic E-state index is 4.63.